The number of likely N-dealkylation sites (tertiary alicyclic amines) is 1. The Labute approximate surface area is 171 Å². The standard InChI is InChI=1S/C23H32N2S2/c24-13-16-6-7-20(23-21(16)9-12-27-23)18-4-2-10-25(15-18)14-17-3-1-5-22-19(17)8-11-26-22/h8-9,11-12,16-18,20H,1-7,10,13-15,24H2. The van der Waals surface area contributed by atoms with Crippen molar-refractivity contribution in [1.29, 1.82) is 0 Å². The number of fused-ring (bicyclic) bond motifs is 2. The van der Waals surface area contributed by atoms with Crippen LogP contribution in [0.2, 0.25) is 0 Å². The molecule has 5 rings (SSSR count). The molecule has 1 aliphatic heterocycles. The first kappa shape index (κ1) is 18.4. The summed E-state index contributed by atoms with van der Waals surface area (Å²) in [5.74, 6) is 3.03. The van der Waals surface area contributed by atoms with Crippen LogP contribution in [0, 0.1) is 5.92 Å². The zero-order valence-electron chi connectivity index (χ0n) is 16.2. The lowest BCUT2D eigenvalue weighted by Crippen LogP contribution is -2.41. The number of aryl methyl sites for hydroxylation is 1. The highest BCUT2D eigenvalue weighted by atomic mass is 32.1. The molecule has 4 atom stereocenters. The molecule has 0 bridgehead atoms. The molecule has 3 aliphatic rings. The highest BCUT2D eigenvalue weighted by molar-refractivity contribution is 7.10. The molecule has 0 saturated carbocycles. The minimum atomic E-state index is 0.612. The Hall–Kier alpha value is -0.680. The quantitative estimate of drug-likeness (QED) is 0.728. The van der Waals surface area contributed by atoms with Gasteiger partial charge in [-0.2, -0.15) is 0 Å². The second-order valence-corrected chi connectivity index (χ2v) is 10.9. The lowest BCUT2D eigenvalue weighted by Gasteiger charge is -2.41. The average Bonchev–Trinajstić information content (AvgIpc) is 3.37. The highest BCUT2D eigenvalue weighted by Crippen LogP contribution is 2.47. The van der Waals surface area contributed by atoms with Crippen molar-refractivity contribution in [3.8, 4) is 0 Å². The first-order chi connectivity index (χ1) is 13.3. The third-order valence-corrected chi connectivity index (χ3v) is 9.44. The summed E-state index contributed by atoms with van der Waals surface area (Å²) in [6, 6.07) is 4.78. The summed E-state index contributed by atoms with van der Waals surface area (Å²) in [7, 11) is 0. The van der Waals surface area contributed by atoms with Gasteiger partial charge in [-0.05, 0) is 116 Å². The van der Waals surface area contributed by atoms with Crippen LogP contribution in [0.1, 0.15) is 77.2 Å². The molecule has 2 nitrogen and oxygen atoms in total. The van der Waals surface area contributed by atoms with Crippen molar-refractivity contribution in [3.63, 3.8) is 0 Å². The van der Waals surface area contributed by atoms with Gasteiger partial charge in [-0.3, -0.25) is 0 Å². The maximum absolute atomic E-state index is 6.05. The summed E-state index contributed by atoms with van der Waals surface area (Å²) >= 11 is 3.98. The topological polar surface area (TPSA) is 29.3 Å². The Morgan fingerprint density at radius 3 is 2.78 bits per heavy atom. The molecule has 1 fully saturated rings. The fourth-order valence-electron chi connectivity index (χ4n) is 6.00. The molecule has 0 aromatic carbocycles. The number of thiophene rings is 2. The Bertz CT molecular complexity index is 764. The molecular formula is C23H32N2S2. The summed E-state index contributed by atoms with van der Waals surface area (Å²) in [6.45, 7) is 4.72. The van der Waals surface area contributed by atoms with E-state index in [-0.39, 0.29) is 0 Å². The molecule has 2 N–H and O–H groups in total. The molecule has 0 radical (unpaired) electrons. The van der Waals surface area contributed by atoms with Crippen molar-refractivity contribution < 1.29 is 0 Å². The predicted molar refractivity (Wildman–Crippen MR) is 117 cm³/mol. The number of hydrogen-bond acceptors (Lipinski definition) is 4. The van der Waals surface area contributed by atoms with Crippen LogP contribution in [-0.2, 0) is 6.42 Å². The Morgan fingerprint density at radius 2 is 1.85 bits per heavy atom. The summed E-state index contributed by atoms with van der Waals surface area (Å²) in [6.07, 6.45) is 9.54. The van der Waals surface area contributed by atoms with E-state index in [1.807, 2.05) is 22.7 Å². The largest absolute Gasteiger partial charge is 0.330 e. The molecule has 0 spiro atoms. The van der Waals surface area contributed by atoms with Crippen LogP contribution in [0.4, 0.5) is 0 Å². The number of piperidine rings is 1. The lowest BCUT2D eigenvalue weighted by atomic mass is 9.73. The first-order valence-corrected chi connectivity index (χ1v) is 12.7. The van der Waals surface area contributed by atoms with Crippen molar-refractivity contribution >= 4 is 22.7 Å². The van der Waals surface area contributed by atoms with E-state index in [2.05, 4.69) is 27.8 Å². The fourth-order valence-corrected chi connectivity index (χ4v) is 8.23. The van der Waals surface area contributed by atoms with Gasteiger partial charge in [-0.15, -0.1) is 22.7 Å². The predicted octanol–water partition coefficient (Wildman–Crippen LogP) is 5.56. The second kappa shape index (κ2) is 7.98. The van der Waals surface area contributed by atoms with E-state index in [1.165, 1.54) is 64.6 Å². The van der Waals surface area contributed by atoms with Crippen LogP contribution in [0.25, 0.3) is 0 Å². The van der Waals surface area contributed by atoms with Gasteiger partial charge >= 0.3 is 0 Å². The molecule has 27 heavy (non-hydrogen) atoms. The number of rotatable bonds is 4. The molecule has 4 heteroatoms. The molecule has 2 aromatic heterocycles. The van der Waals surface area contributed by atoms with Gasteiger partial charge in [-0.25, -0.2) is 0 Å². The average molecular weight is 401 g/mol. The first-order valence-electron chi connectivity index (χ1n) is 10.9. The number of hydrogen-bond donors (Lipinski definition) is 1. The van der Waals surface area contributed by atoms with E-state index < -0.39 is 0 Å². The van der Waals surface area contributed by atoms with Gasteiger partial charge in [0.15, 0.2) is 0 Å². The minimum Gasteiger partial charge on any atom is -0.330 e. The molecule has 3 heterocycles. The Balaban J connectivity index is 1.28. The van der Waals surface area contributed by atoms with Gasteiger partial charge in [0.25, 0.3) is 0 Å². The summed E-state index contributed by atoms with van der Waals surface area (Å²) in [5, 5.41) is 4.63. The zero-order chi connectivity index (χ0) is 18.2. The Kier molecular flexibility index (Phi) is 5.43. The third-order valence-electron chi connectivity index (χ3n) is 7.38. The van der Waals surface area contributed by atoms with Crippen LogP contribution in [0.3, 0.4) is 0 Å². The van der Waals surface area contributed by atoms with Crippen LogP contribution in [0.5, 0.6) is 0 Å². The van der Waals surface area contributed by atoms with Gasteiger partial charge in [0.05, 0.1) is 0 Å². The van der Waals surface area contributed by atoms with Crippen molar-refractivity contribution in [2.45, 2.75) is 62.7 Å². The van der Waals surface area contributed by atoms with Crippen molar-refractivity contribution in [2.24, 2.45) is 11.7 Å². The monoisotopic (exact) mass is 400 g/mol. The molecule has 2 aromatic rings. The van der Waals surface area contributed by atoms with E-state index in [0.29, 0.717) is 5.92 Å². The van der Waals surface area contributed by atoms with Crippen LogP contribution >= 0.6 is 22.7 Å². The fraction of sp³-hybridized carbons (Fsp3) is 0.652. The number of nitrogens with zero attached hydrogens (tertiary/aromatic N) is 1. The third kappa shape index (κ3) is 3.55. The van der Waals surface area contributed by atoms with Crippen LogP contribution in [0.15, 0.2) is 22.9 Å². The molecule has 4 unspecified atom stereocenters. The van der Waals surface area contributed by atoms with Gasteiger partial charge < -0.3 is 10.6 Å². The maximum Gasteiger partial charge on any atom is 0.0115 e. The van der Waals surface area contributed by atoms with E-state index in [4.69, 9.17) is 5.73 Å². The SMILES string of the molecule is NCC1CCC(C2CCCN(CC3CCCc4sccc43)C2)c2sccc21. The van der Waals surface area contributed by atoms with Gasteiger partial charge in [0.2, 0.25) is 0 Å². The molecule has 0 amide bonds. The van der Waals surface area contributed by atoms with E-state index >= 15 is 0 Å². The second-order valence-electron chi connectivity index (χ2n) is 8.91. The van der Waals surface area contributed by atoms with E-state index in [9.17, 15) is 0 Å². The van der Waals surface area contributed by atoms with E-state index in [0.717, 1.165) is 24.3 Å². The van der Waals surface area contributed by atoms with Crippen LogP contribution < -0.4 is 5.73 Å². The molecular weight excluding hydrogens is 368 g/mol. The summed E-state index contributed by atoms with van der Waals surface area (Å²) in [5.41, 5.74) is 9.32. The lowest BCUT2D eigenvalue weighted by molar-refractivity contribution is 0.140. The molecule has 1 saturated heterocycles. The van der Waals surface area contributed by atoms with Crippen molar-refractivity contribution in [1.82, 2.24) is 4.90 Å². The van der Waals surface area contributed by atoms with Gasteiger partial charge in [0.1, 0.15) is 0 Å². The number of nitrogens with two attached hydrogens (primary N) is 1. The van der Waals surface area contributed by atoms with Crippen LogP contribution in [-0.4, -0.2) is 31.1 Å². The highest BCUT2D eigenvalue weighted by Gasteiger charge is 2.35. The summed E-state index contributed by atoms with van der Waals surface area (Å²) in [4.78, 5) is 6.16. The zero-order valence-corrected chi connectivity index (χ0v) is 17.9. The van der Waals surface area contributed by atoms with Gasteiger partial charge in [-0.1, -0.05) is 0 Å². The minimum absolute atomic E-state index is 0.612. The maximum atomic E-state index is 6.05. The Morgan fingerprint density at radius 1 is 0.963 bits per heavy atom. The molecule has 146 valence electrons. The van der Waals surface area contributed by atoms with Gasteiger partial charge in [0, 0.05) is 22.8 Å². The molecule has 2 aliphatic carbocycles. The normalized spacial score (nSPS) is 31.4. The van der Waals surface area contributed by atoms with Crippen molar-refractivity contribution in [2.75, 3.05) is 26.2 Å². The summed E-state index contributed by atoms with van der Waals surface area (Å²) < 4.78 is 0. The van der Waals surface area contributed by atoms with E-state index in [1.54, 1.807) is 20.9 Å². The smallest absolute Gasteiger partial charge is 0.0115 e. The van der Waals surface area contributed by atoms with Crippen molar-refractivity contribution in [3.05, 3.63) is 43.8 Å².